The van der Waals surface area contributed by atoms with Gasteiger partial charge in [0.25, 0.3) is 0 Å². The molecule has 0 aromatic carbocycles. The molecule has 1 atom stereocenters. The molecule has 3 amide bonds. The highest BCUT2D eigenvalue weighted by Crippen LogP contribution is 2.07. The summed E-state index contributed by atoms with van der Waals surface area (Å²) in [6.45, 7) is 3.26. The van der Waals surface area contributed by atoms with E-state index in [2.05, 4.69) is 5.32 Å². The maximum absolute atomic E-state index is 11.3. The molecule has 0 aromatic rings. The largest absolute Gasteiger partial charge is 0.370 e. The number of urea groups is 1. The van der Waals surface area contributed by atoms with E-state index in [4.69, 9.17) is 5.73 Å². The molecule has 1 unspecified atom stereocenters. The molecule has 1 aliphatic heterocycles. The maximum Gasteiger partial charge on any atom is 0.317 e. The minimum Gasteiger partial charge on any atom is -0.370 e. The average molecular weight is 185 g/mol. The normalized spacial score (nSPS) is 19.5. The fourth-order valence-electron chi connectivity index (χ4n) is 1.47. The molecule has 1 aliphatic rings. The van der Waals surface area contributed by atoms with Crippen molar-refractivity contribution in [1.82, 2.24) is 10.2 Å². The molecule has 0 radical (unpaired) electrons. The summed E-state index contributed by atoms with van der Waals surface area (Å²) in [5, 5.41) is 2.72. The van der Waals surface area contributed by atoms with E-state index in [-0.39, 0.29) is 24.4 Å². The molecular weight excluding hydrogens is 170 g/mol. The van der Waals surface area contributed by atoms with E-state index in [1.165, 1.54) is 0 Å². The number of amides is 3. The summed E-state index contributed by atoms with van der Waals surface area (Å²) in [5.74, 6) is -0.370. The van der Waals surface area contributed by atoms with Crippen molar-refractivity contribution in [2.24, 2.45) is 5.73 Å². The van der Waals surface area contributed by atoms with Crippen molar-refractivity contribution in [3.63, 3.8) is 0 Å². The predicted octanol–water partition coefficient (Wildman–Crippen LogP) is -0.334. The fourth-order valence-corrected chi connectivity index (χ4v) is 1.47. The standard InChI is InChI=1S/C8H15N3O2/c1-6(5-7(9)12)11-4-2-3-10-8(11)13/h6H,2-5H2,1H3,(H2,9,12)(H,10,13). The van der Waals surface area contributed by atoms with Crippen molar-refractivity contribution >= 4 is 11.9 Å². The molecule has 1 saturated heterocycles. The Hall–Kier alpha value is -1.26. The first-order chi connectivity index (χ1) is 6.11. The highest BCUT2D eigenvalue weighted by atomic mass is 16.2. The van der Waals surface area contributed by atoms with Gasteiger partial charge < -0.3 is 16.0 Å². The summed E-state index contributed by atoms with van der Waals surface area (Å²) in [5.41, 5.74) is 5.05. The summed E-state index contributed by atoms with van der Waals surface area (Å²) in [7, 11) is 0. The van der Waals surface area contributed by atoms with Gasteiger partial charge in [-0.2, -0.15) is 0 Å². The van der Waals surface area contributed by atoms with Crippen LogP contribution >= 0.6 is 0 Å². The van der Waals surface area contributed by atoms with Gasteiger partial charge in [-0.3, -0.25) is 4.79 Å². The van der Waals surface area contributed by atoms with E-state index in [0.29, 0.717) is 6.54 Å². The lowest BCUT2D eigenvalue weighted by molar-refractivity contribution is -0.118. The SMILES string of the molecule is CC(CC(N)=O)N1CCCNC1=O. The number of nitrogens with two attached hydrogens (primary N) is 1. The molecule has 1 heterocycles. The second kappa shape index (κ2) is 4.11. The first kappa shape index (κ1) is 9.83. The Morgan fingerprint density at radius 3 is 3.00 bits per heavy atom. The molecular formula is C8H15N3O2. The van der Waals surface area contributed by atoms with Crippen molar-refractivity contribution in [3.05, 3.63) is 0 Å². The Labute approximate surface area is 77.3 Å². The van der Waals surface area contributed by atoms with Gasteiger partial charge in [0.05, 0.1) is 0 Å². The molecule has 5 heteroatoms. The Morgan fingerprint density at radius 1 is 1.77 bits per heavy atom. The first-order valence-corrected chi connectivity index (χ1v) is 4.44. The zero-order valence-corrected chi connectivity index (χ0v) is 7.75. The van der Waals surface area contributed by atoms with Gasteiger partial charge >= 0.3 is 6.03 Å². The van der Waals surface area contributed by atoms with Crippen molar-refractivity contribution in [1.29, 1.82) is 0 Å². The molecule has 0 bridgehead atoms. The minimum absolute atomic E-state index is 0.0972. The summed E-state index contributed by atoms with van der Waals surface area (Å²) < 4.78 is 0. The predicted molar refractivity (Wildman–Crippen MR) is 48.0 cm³/mol. The van der Waals surface area contributed by atoms with Crippen LogP contribution in [-0.2, 0) is 4.79 Å². The topological polar surface area (TPSA) is 75.4 Å². The highest BCUT2D eigenvalue weighted by molar-refractivity contribution is 5.78. The van der Waals surface area contributed by atoms with Gasteiger partial charge in [0.2, 0.25) is 5.91 Å². The van der Waals surface area contributed by atoms with Crippen molar-refractivity contribution < 1.29 is 9.59 Å². The van der Waals surface area contributed by atoms with Crippen molar-refractivity contribution in [2.75, 3.05) is 13.1 Å². The zero-order chi connectivity index (χ0) is 9.84. The van der Waals surface area contributed by atoms with Gasteiger partial charge in [0.1, 0.15) is 0 Å². The molecule has 0 aliphatic carbocycles. The molecule has 0 aromatic heterocycles. The number of nitrogens with zero attached hydrogens (tertiary/aromatic N) is 1. The van der Waals surface area contributed by atoms with Crippen LogP contribution in [0.4, 0.5) is 4.79 Å². The highest BCUT2D eigenvalue weighted by Gasteiger charge is 2.23. The van der Waals surface area contributed by atoms with Gasteiger partial charge in [0.15, 0.2) is 0 Å². The molecule has 1 rings (SSSR count). The molecule has 3 N–H and O–H groups in total. The van der Waals surface area contributed by atoms with Gasteiger partial charge in [-0.25, -0.2) is 4.79 Å². The quantitative estimate of drug-likeness (QED) is 0.631. The lowest BCUT2D eigenvalue weighted by Gasteiger charge is -2.32. The van der Waals surface area contributed by atoms with Crippen molar-refractivity contribution in [2.45, 2.75) is 25.8 Å². The van der Waals surface area contributed by atoms with Crippen LogP contribution in [0, 0.1) is 0 Å². The molecule has 74 valence electrons. The molecule has 5 nitrogen and oxygen atoms in total. The van der Waals surface area contributed by atoms with E-state index >= 15 is 0 Å². The van der Waals surface area contributed by atoms with Crippen LogP contribution in [0.15, 0.2) is 0 Å². The summed E-state index contributed by atoms with van der Waals surface area (Å²) in [4.78, 5) is 23.5. The number of carbonyl (C=O) groups excluding carboxylic acids is 2. The minimum atomic E-state index is -0.370. The molecule has 0 saturated carbocycles. The third-order valence-electron chi connectivity index (χ3n) is 2.14. The number of nitrogens with one attached hydrogen (secondary N) is 1. The van der Waals surface area contributed by atoms with Gasteiger partial charge in [-0.1, -0.05) is 0 Å². The third kappa shape index (κ3) is 2.61. The summed E-state index contributed by atoms with van der Waals surface area (Å²) in [6, 6.07) is -0.196. The van der Waals surface area contributed by atoms with E-state index in [9.17, 15) is 9.59 Å². The van der Waals surface area contributed by atoms with Crippen LogP contribution in [0.5, 0.6) is 0 Å². The van der Waals surface area contributed by atoms with Gasteiger partial charge in [0, 0.05) is 25.6 Å². The number of rotatable bonds is 3. The average Bonchev–Trinajstić information content (AvgIpc) is 2.03. The molecule has 1 fully saturated rings. The lowest BCUT2D eigenvalue weighted by Crippen LogP contribution is -2.51. The van der Waals surface area contributed by atoms with Crippen LogP contribution < -0.4 is 11.1 Å². The number of hydrogen-bond acceptors (Lipinski definition) is 2. The summed E-state index contributed by atoms with van der Waals surface area (Å²) >= 11 is 0. The van der Waals surface area contributed by atoms with Crippen LogP contribution in [0.25, 0.3) is 0 Å². The van der Waals surface area contributed by atoms with Crippen LogP contribution in [0.1, 0.15) is 19.8 Å². The smallest absolute Gasteiger partial charge is 0.317 e. The van der Waals surface area contributed by atoms with Gasteiger partial charge in [-0.15, -0.1) is 0 Å². The Balaban J connectivity index is 2.48. The zero-order valence-electron chi connectivity index (χ0n) is 7.75. The van der Waals surface area contributed by atoms with Crippen LogP contribution in [-0.4, -0.2) is 36.0 Å². The van der Waals surface area contributed by atoms with Gasteiger partial charge in [-0.05, 0) is 13.3 Å². The number of carbonyl (C=O) groups is 2. The third-order valence-corrected chi connectivity index (χ3v) is 2.14. The van der Waals surface area contributed by atoms with Crippen molar-refractivity contribution in [3.8, 4) is 0 Å². The fraction of sp³-hybridized carbons (Fsp3) is 0.750. The summed E-state index contributed by atoms with van der Waals surface area (Å²) in [6.07, 6.45) is 1.16. The molecule has 0 spiro atoms. The second-order valence-electron chi connectivity index (χ2n) is 3.30. The van der Waals surface area contributed by atoms with Crippen LogP contribution in [0.3, 0.4) is 0 Å². The Bertz CT molecular complexity index is 217. The first-order valence-electron chi connectivity index (χ1n) is 4.44. The van der Waals surface area contributed by atoms with E-state index < -0.39 is 0 Å². The maximum atomic E-state index is 11.3. The van der Waals surface area contributed by atoms with E-state index in [1.807, 2.05) is 6.92 Å². The second-order valence-corrected chi connectivity index (χ2v) is 3.30. The Kier molecular flexibility index (Phi) is 3.11. The number of hydrogen-bond donors (Lipinski definition) is 2. The van der Waals surface area contributed by atoms with E-state index in [0.717, 1.165) is 13.0 Å². The van der Waals surface area contributed by atoms with Crippen LogP contribution in [0.2, 0.25) is 0 Å². The molecule has 13 heavy (non-hydrogen) atoms. The lowest BCUT2D eigenvalue weighted by atomic mass is 10.2. The Morgan fingerprint density at radius 2 is 2.46 bits per heavy atom. The van der Waals surface area contributed by atoms with E-state index in [1.54, 1.807) is 4.90 Å². The monoisotopic (exact) mass is 185 g/mol. The number of primary amides is 1.